The first kappa shape index (κ1) is 12.8. The summed E-state index contributed by atoms with van der Waals surface area (Å²) in [5.74, 6) is 0.0958. The molecular weight excluding hydrogens is 224 g/mol. The second-order valence-corrected chi connectivity index (χ2v) is 4.99. The van der Waals surface area contributed by atoms with Crippen LogP contribution in [0.5, 0.6) is 0 Å². The van der Waals surface area contributed by atoms with Gasteiger partial charge in [0.05, 0.1) is 0 Å². The molecule has 0 spiro atoms. The second kappa shape index (κ2) is 4.94. The molecule has 1 N–H and O–H groups in total. The van der Waals surface area contributed by atoms with E-state index in [0.717, 1.165) is 29.9 Å². The van der Waals surface area contributed by atoms with Crippen molar-refractivity contribution in [3.05, 3.63) is 40.5 Å². The predicted octanol–water partition coefficient (Wildman–Crippen LogP) is 2.19. The predicted molar refractivity (Wildman–Crippen MR) is 74.9 cm³/mol. The van der Waals surface area contributed by atoms with E-state index in [2.05, 4.69) is 18.3 Å². The fourth-order valence-electron chi connectivity index (χ4n) is 2.21. The van der Waals surface area contributed by atoms with Crippen molar-refractivity contribution in [2.75, 3.05) is 25.0 Å². The van der Waals surface area contributed by atoms with Crippen LogP contribution in [0.4, 0.5) is 5.69 Å². The minimum Gasteiger partial charge on any atom is -0.311 e. The molecule has 1 heterocycles. The van der Waals surface area contributed by atoms with E-state index in [9.17, 15) is 4.79 Å². The number of carbonyl (C=O) groups excluding carboxylic acids is 1. The Morgan fingerprint density at radius 3 is 2.44 bits per heavy atom. The van der Waals surface area contributed by atoms with Crippen LogP contribution in [0.15, 0.2) is 29.3 Å². The molecule has 3 nitrogen and oxygen atoms in total. The summed E-state index contributed by atoms with van der Waals surface area (Å²) >= 11 is 0. The molecule has 18 heavy (non-hydrogen) atoms. The third-order valence-electron chi connectivity index (χ3n) is 3.55. The molecule has 0 aliphatic carbocycles. The second-order valence-electron chi connectivity index (χ2n) is 4.99. The zero-order valence-corrected chi connectivity index (χ0v) is 11.5. The molecule has 1 aromatic carbocycles. The van der Waals surface area contributed by atoms with Crippen LogP contribution < -0.4 is 10.2 Å². The van der Waals surface area contributed by atoms with Gasteiger partial charge in [-0.15, -0.1) is 0 Å². The van der Waals surface area contributed by atoms with Crippen molar-refractivity contribution >= 4 is 11.6 Å². The van der Waals surface area contributed by atoms with E-state index in [1.54, 1.807) is 4.90 Å². The standard InChI is InChI=1S/C15H20N2O/c1-10-5-6-14(11(2)7-10)17(4)15(18)12(3)13-8-16-9-13/h5-7,16H,8-9H2,1-4H3. The van der Waals surface area contributed by atoms with Crippen LogP contribution in [0.2, 0.25) is 0 Å². The average Bonchev–Trinajstić information content (AvgIpc) is 2.24. The fourth-order valence-corrected chi connectivity index (χ4v) is 2.21. The maximum absolute atomic E-state index is 12.4. The number of hydrogen-bond acceptors (Lipinski definition) is 2. The van der Waals surface area contributed by atoms with E-state index >= 15 is 0 Å². The molecule has 96 valence electrons. The van der Waals surface area contributed by atoms with Crippen LogP contribution >= 0.6 is 0 Å². The van der Waals surface area contributed by atoms with Crippen LogP contribution in [0.1, 0.15) is 18.1 Å². The number of benzene rings is 1. The van der Waals surface area contributed by atoms with Crippen molar-refractivity contribution in [2.45, 2.75) is 20.8 Å². The van der Waals surface area contributed by atoms with Crippen LogP contribution in [0.3, 0.4) is 0 Å². The first-order chi connectivity index (χ1) is 8.50. The molecule has 0 saturated carbocycles. The molecule has 1 aliphatic heterocycles. The van der Waals surface area contributed by atoms with Crippen molar-refractivity contribution in [3.63, 3.8) is 0 Å². The molecule has 0 unspecified atom stereocenters. The van der Waals surface area contributed by atoms with E-state index in [-0.39, 0.29) is 5.91 Å². The number of aryl methyl sites for hydroxylation is 2. The molecule has 0 aromatic heterocycles. The molecule has 0 bridgehead atoms. The zero-order chi connectivity index (χ0) is 13.3. The molecule has 1 saturated heterocycles. The molecule has 1 amide bonds. The van der Waals surface area contributed by atoms with Gasteiger partial charge in [-0.2, -0.15) is 0 Å². The van der Waals surface area contributed by atoms with Gasteiger partial charge < -0.3 is 10.2 Å². The SMILES string of the molecule is CC(C(=O)N(C)c1ccc(C)cc1C)=C1CNC1. The van der Waals surface area contributed by atoms with Crippen LogP contribution in [-0.2, 0) is 4.79 Å². The summed E-state index contributed by atoms with van der Waals surface area (Å²) in [7, 11) is 1.84. The number of nitrogens with zero attached hydrogens (tertiary/aromatic N) is 1. The summed E-state index contributed by atoms with van der Waals surface area (Å²) in [5, 5.41) is 3.17. The number of likely N-dealkylation sites (N-methyl/N-ethyl adjacent to an activating group) is 1. The molecule has 1 aliphatic rings. The van der Waals surface area contributed by atoms with Gasteiger partial charge in [-0.1, -0.05) is 17.7 Å². The van der Waals surface area contributed by atoms with Gasteiger partial charge in [0.15, 0.2) is 0 Å². The Labute approximate surface area is 108 Å². The highest BCUT2D eigenvalue weighted by atomic mass is 16.2. The van der Waals surface area contributed by atoms with Gasteiger partial charge in [0.25, 0.3) is 5.91 Å². The molecule has 0 radical (unpaired) electrons. The number of nitrogens with one attached hydrogen (secondary N) is 1. The van der Waals surface area contributed by atoms with Gasteiger partial charge in [-0.25, -0.2) is 0 Å². The summed E-state index contributed by atoms with van der Waals surface area (Å²) < 4.78 is 0. The Morgan fingerprint density at radius 2 is 1.94 bits per heavy atom. The number of hydrogen-bond donors (Lipinski definition) is 1. The zero-order valence-electron chi connectivity index (χ0n) is 11.5. The van der Waals surface area contributed by atoms with Crippen molar-refractivity contribution in [3.8, 4) is 0 Å². The van der Waals surface area contributed by atoms with Crippen molar-refractivity contribution in [2.24, 2.45) is 0 Å². The quantitative estimate of drug-likeness (QED) is 0.809. The van der Waals surface area contributed by atoms with Gasteiger partial charge in [-0.3, -0.25) is 4.79 Å². The van der Waals surface area contributed by atoms with Crippen molar-refractivity contribution < 1.29 is 4.79 Å². The maximum Gasteiger partial charge on any atom is 0.253 e. The average molecular weight is 244 g/mol. The third kappa shape index (κ3) is 2.31. The number of amides is 1. The summed E-state index contributed by atoms with van der Waals surface area (Å²) in [4.78, 5) is 14.1. The van der Waals surface area contributed by atoms with Crippen LogP contribution in [0.25, 0.3) is 0 Å². The van der Waals surface area contributed by atoms with Crippen LogP contribution in [0, 0.1) is 13.8 Å². The molecular formula is C15H20N2O. The van der Waals surface area contributed by atoms with E-state index in [1.807, 2.05) is 33.0 Å². The van der Waals surface area contributed by atoms with Gasteiger partial charge >= 0.3 is 0 Å². The van der Waals surface area contributed by atoms with E-state index < -0.39 is 0 Å². The minimum absolute atomic E-state index is 0.0958. The smallest absolute Gasteiger partial charge is 0.253 e. The summed E-state index contributed by atoms with van der Waals surface area (Å²) in [5.41, 5.74) is 5.43. The monoisotopic (exact) mass is 244 g/mol. The molecule has 1 fully saturated rings. The van der Waals surface area contributed by atoms with Gasteiger partial charge in [0, 0.05) is 31.4 Å². The largest absolute Gasteiger partial charge is 0.311 e. The van der Waals surface area contributed by atoms with Gasteiger partial charge in [0.1, 0.15) is 0 Å². The number of rotatable bonds is 2. The minimum atomic E-state index is 0.0958. The van der Waals surface area contributed by atoms with E-state index in [4.69, 9.17) is 0 Å². The first-order valence-corrected chi connectivity index (χ1v) is 6.25. The molecule has 1 aromatic rings. The molecule has 0 atom stereocenters. The highest BCUT2D eigenvalue weighted by Crippen LogP contribution is 2.22. The third-order valence-corrected chi connectivity index (χ3v) is 3.55. The van der Waals surface area contributed by atoms with Gasteiger partial charge in [-0.05, 0) is 38.0 Å². The lowest BCUT2D eigenvalue weighted by Gasteiger charge is -2.25. The molecule has 3 heteroatoms. The Bertz CT molecular complexity index is 511. The Hall–Kier alpha value is -1.61. The molecule has 2 rings (SSSR count). The van der Waals surface area contributed by atoms with Gasteiger partial charge in [0.2, 0.25) is 0 Å². The summed E-state index contributed by atoms with van der Waals surface area (Å²) in [6, 6.07) is 6.16. The Balaban J connectivity index is 2.25. The lowest BCUT2D eigenvalue weighted by molar-refractivity contribution is -0.114. The normalized spacial score (nSPS) is 14.1. The fraction of sp³-hybridized carbons (Fsp3) is 0.400. The number of anilines is 1. The highest BCUT2D eigenvalue weighted by Gasteiger charge is 2.20. The summed E-state index contributed by atoms with van der Waals surface area (Å²) in [6.07, 6.45) is 0. The topological polar surface area (TPSA) is 32.3 Å². The lowest BCUT2D eigenvalue weighted by atomic mass is 10.0. The summed E-state index contributed by atoms with van der Waals surface area (Å²) in [6.45, 7) is 7.71. The number of carbonyl (C=O) groups is 1. The van der Waals surface area contributed by atoms with E-state index in [0.29, 0.717) is 0 Å². The maximum atomic E-state index is 12.4. The van der Waals surface area contributed by atoms with Crippen LogP contribution in [-0.4, -0.2) is 26.0 Å². The van der Waals surface area contributed by atoms with E-state index in [1.165, 1.54) is 11.1 Å². The lowest BCUT2D eigenvalue weighted by Crippen LogP contribution is -2.38. The first-order valence-electron chi connectivity index (χ1n) is 6.25. The van der Waals surface area contributed by atoms with Crippen molar-refractivity contribution in [1.29, 1.82) is 0 Å². The Morgan fingerprint density at radius 1 is 1.28 bits per heavy atom. The Kier molecular flexibility index (Phi) is 3.53. The van der Waals surface area contributed by atoms with Crippen molar-refractivity contribution in [1.82, 2.24) is 5.32 Å². The highest BCUT2D eigenvalue weighted by molar-refractivity contribution is 6.05.